The lowest BCUT2D eigenvalue weighted by atomic mass is 10.1. The fraction of sp³-hybridized carbons (Fsp3) is 0.333. The monoisotopic (exact) mass is 255 g/mol. The number of likely N-dealkylation sites (N-methyl/N-ethyl adjacent to an activating group) is 1. The molecule has 0 fully saturated rings. The molecule has 1 aromatic carbocycles. The largest absolute Gasteiger partial charge is 0.544 e. The number of carboxylic acid groups (broad SMARTS) is 1. The highest BCUT2D eigenvalue weighted by Crippen LogP contribution is 2.16. The Morgan fingerprint density at radius 1 is 1.35 bits per heavy atom. The SMILES string of the molecule is Cc1cc(C(=O)C[NH+](C)CC(=O)[O-])ccc1Cl. The number of hydrogen-bond acceptors (Lipinski definition) is 3. The van der Waals surface area contributed by atoms with E-state index in [0.717, 1.165) is 5.56 Å². The zero-order valence-electron chi connectivity index (χ0n) is 9.75. The van der Waals surface area contributed by atoms with E-state index < -0.39 is 5.97 Å². The van der Waals surface area contributed by atoms with Crippen molar-refractivity contribution < 1.29 is 19.6 Å². The molecule has 0 saturated carbocycles. The molecule has 17 heavy (non-hydrogen) atoms. The standard InChI is InChI=1S/C12H14ClNO3/c1-8-5-9(3-4-10(8)13)11(15)6-14(2)7-12(16)17/h3-5H,6-7H2,1-2H3,(H,16,17). The highest BCUT2D eigenvalue weighted by molar-refractivity contribution is 6.31. The van der Waals surface area contributed by atoms with Crippen molar-refractivity contribution in [3.8, 4) is 0 Å². The summed E-state index contributed by atoms with van der Waals surface area (Å²) in [6, 6.07) is 5.01. The maximum atomic E-state index is 11.8. The Bertz CT molecular complexity index is 445. The van der Waals surface area contributed by atoms with Gasteiger partial charge in [0.15, 0.2) is 0 Å². The van der Waals surface area contributed by atoms with Crippen molar-refractivity contribution in [1.29, 1.82) is 0 Å². The third-order valence-electron chi connectivity index (χ3n) is 2.39. The van der Waals surface area contributed by atoms with Gasteiger partial charge >= 0.3 is 0 Å². The summed E-state index contributed by atoms with van der Waals surface area (Å²) >= 11 is 5.86. The van der Waals surface area contributed by atoms with Crippen LogP contribution in [0, 0.1) is 6.92 Å². The summed E-state index contributed by atoms with van der Waals surface area (Å²) in [5, 5.41) is 11.0. The topological polar surface area (TPSA) is 61.6 Å². The van der Waals surface area contributed by atoms with Crippen LogP contribution in [0.1, 0.15) is 15.9 Å². The van der Waals surface area contributed by atoms with Crippen molar-refractivity contribution in [3.05, 3.63) is 34.3 Å². The zero-order chi connectivity index (χ0) is 13.0. The molecule has 0 aliphatic carbocycles. The van der Waals surface area contributed by atoms with E-state index in [-0.39, 0.29) is 18.9 Å². The van der Waals surface area contributed by atoms with Crippen LogP contribution in [-0.2, 0) is 4.79 Å². The third kappa shape index (κ3) is 4.17. The number of Topliss-reactive ketones (excluding diaryl/α,β-unsaturated/α-hetero) is 1. The Morgan fingerprint density at radius 3 is 2.53 bits per heavy atom. The predicted octanol–water partition coefficient (Wildman–Crippen LogP) is -0.904. The van der Waals surface area contributed by atoms with Crippen molar-refractivity contribution >= 4 is 23.4 Å². The number of carbonyl (C=O) groups is 2. The lowest BCUT2D eigenvalue weighted by Crippen LogP contribution is -3.11. The predicted molar refractivity (Wildman–Crippen MR) is 62.1 cm³/mol. The molecular formula is C12H14ClNO3. The number of nitrogens with one attached hydrogen (secondary N) is 1. The lowest BCUT2D eigenvalue weighted by molar-refractivity contribution is -0.864. The highest BCUT2D eigenvalue weighted by Gasteiger charge is 2.13. The number of halogens is 1. The molecule has 1 atom stereocenters. The van der Waals surface area contributed by atoms with Gasteiger partial charge in [-0.05, 0) is 30.7 Å². The minimum atomic E-state index is -1.16. The molecule has 1 N–H and O–H groups in total. The number of benzene rings is 1. The molecule has 0 aromatic heterocycles. The molecule has 0 heterocycles. The van der Waals surface area contributed by atoms with E-state index in [1.54, 1.807) is 25.2 Å². The molecule has 1 unspecified atom stereocenters. The molecular weight excluding hydrogens is 242 g/mol. The average molecular weight is 256 g/mol. The second-order valence-electron chi connectivity index (χ2n) is 4.07. The molecule has 0 amide bonds. The number of quaternary nitrogens is 1. The molecule has 0 aliphatic rings. The molecule has 1 aromatic rings. The van der Waals surface area contributed by atoms with Crippen LogP contribution in [0.15, 0.2) is 18.2 Å². The Morgan fingerprint density at radius 2 is 2.00 bits per heavy atom. The van der Waals surface area contributed by atoms with Crippen LogP contribution < -0.4 is 10.0 Å². The van der Waals surface area contributed by atoms with Gasteiger partial charge in [-0.25, -0.2) is 0 Å². The maximum absolute atomic E-state index is 11.8. The van der Waals surface area contributed by atoms with Gasteiger partial charge in [-0.15, -0.1) is 0 Å². The zero-order valence-corrected chi connectivity index (χ0v) is 10.5. The van der Waals surface area contributed by atoms with Gasteiger partial charge in [0.2, 0.25) is 5.78 Å². The number of ketones is 1. The molecule has 5 heteroatoms. The summed E-state index contributed by atoms with van der Waals surface area (Å²) < 4.78 is 0. The summed E-state index contributed by atoms with van der Waals surface area (Å²) in [6.07, 6.45) is 0. The molecule has 4 nitrogen and oxygen atoms in total. The van der Waals surface area contributed by atoms with Crippen molar-refractivity contribution in [2.24, 2.45) is 0 Å². The van der Waals surface area contributed by atoms with Crippen LogP contribution in [-0.4, -0.2) is 31.9 Å². The number of aliphatic carboxylic acids is 1. The van der Waals surface area contributed by atoms with Crippen molar-refractivity contribution in [3.63, 3.8) is 0 Å². The maximum Gasteiger partial charge on any atom is 0.216 e. The van der Waals surface area contributed by atoms with Crippen LogP contribution in [0.2, 0.25) is 5.02 Å². The fourth-order valence-electron chi connectivity index (χ4n) is 1.50. The number of carboxylic acids is 1. The molecule has 0 bridgehead atoms. The van der Waals surface area contributed by atoms with E-state index in [0.29, 0.717) is 15.5 Å². The quantitative estimate of drug-likeness (QED) is 0.694. The van der Waals surface area contributed by atoms with Gasteiger partial charge in [-0.2, -0.15) is 0 Å². The molecule has 92 valence electrons. The van der Waals surface area contributed by atoms with E-state index in [1.807, 2.05) is 6.92 Å². The van der Waals surface area contributed by atoms with E-state index >= 15 is 0 Å². The first-order valence-electron chi connectivity index (χ1n) is 5.20. The van der Waals surface area contributed by atoms with Crippen LogP contribution in [0.5, 0.6) is 0 Å². The second kappa shape index (κ2) is 5.80. The Kier molecular flexibility index (Phi) is 4.66. The average Bonchev–Trinajstić information content (AvgIpc) is 2.20. The van der Waals surface area contributed by atoms with Crippen LogP contribution in [0.3, 0.4) is 0 Å². The minimum Gasteiger partial charge on any atom is -0.544 e. The Hall–Kier alpha value is -1.39. The first-order chi connectivity index (χ1) is 7.90. The number of aryl methyl sites for hydroxylation is 1. The Balaban J connectivity index is 2.70. The van der Waals surface area contributed by atoms with E-state index in [2.05, 4.69) is 0 Å². The van der Waals surface area contributed by atoms with E-state index in [9.17, 15) is 14.7 Å². The van der Waals surface area contributed by atoms with Gasteiger partial charge in [-0.1, -0.05) is 11.6 Å². The molecule has 0 radical (unpaired) electrons. The van der Waals surface area contributed by atoms with Crippen molar-refractivity contribution in [2.75, 3.05) is 20.1 Å². The summed E-state index contributed by atoms with van der Waals surface area (Å²) in [6.45, 7) is 1.75. The normalized spacial score (nSPS) is 12.2. The molecule has 1 rings (SSSR count). The minimum absolute atomic E-state index is 0.108. The van der Waals surface area contributed by atoms with Gasteiger partial charge in [-0.3, -0.25) is 4.79 Å². The van der Waals surface area contributed by atoms with Gasteiger partial charge in [0, 0.05) is 10.6 Å². The van der Waals surface area contributed by atoms with E-state index in [4.69, 9.17) is 11.6 Å². The summed E-state index contributed by atoms with van der Waals surface area (Å²) in [7, 11) is 1.64. The second-order valence-corrected chi connectivity index (χ2v) is 4.48. The van der Waals surface area contributed by atoms with Gasteiger partial charge < -0.3 is 14.8 Å². The van der Waals surface area contributed by atoms with E-state index in [1.165, 1.54) is 0 Å². The van der Waals surface area contributed by atoms with Gasteiger partial charge in [0.05, 0.1) is 13.0 Å². The van der Waals surface area contributed by atoms with Crippen LogP contribution in [0.4, 0.5) is 0 Å². The number of hydrogen-bond donors (Lipinski definition) is 1. The first kappa shape index (κ1) is 13.7. The van der Waals surface area contributed by atoms with Crippen molar-refractivity contribution in [2.45, 2.75) is 6.92 Å². The van der Waals surface area contributed by atoms with Gasteiger partial charge in [0.1, 0.15) is 13.1 Å². The Labute approximate surface area is 105 Å². The fourth-order valence-corrected chi connectivity index (χ4v) is 1.62. The smallest absolute Gasteiger partial charge is 0.216 e. The lowest BCUT2D eigenvalue weighted by Gasteiger charge is -2.13. The van der Waals surface area contributed by atoms with Crippen LogP contribution >= 0.6 is 11.6 Å². The first-order valence-corrected chi connectivity index (χ1v) is 5.58. The highest BCUT2D eigenvalue weighted by atomic mass is 35.5. The van der Waals surface area contributed by atoms with Crippen LogP contribution in [0.25, 0.3) is 0 Å². The van der Waals surface area contributed by atoms with Crippen molar-refractivity contribution in [1.82, 2.24) is 0 Å². The molecule has 0 saturated heterocycles. The third-order valence-corrected chi connectivity index (χ3v) is 2.81. The summed E-state index contributed by atoms with van der Waals surface area (Å²) in [5.74, 6) is -1.27. The summed E-state index contributed by atoms with van der Waals surface area (Å²) in [4.78, 5) is 22.8. The van der Waals surface area contributed by atoms with Gasteiger partial charge in [0.25, 0.3) is 0 Å². The number of rotatable bonds is 5. The summed E-state index contributed by atoms with van der Waals surface area (Å²) in [5.41, 5.74) is 1.37. The number of carbonyl (C=O) groups excluding carboxylic acids is 2. The molecule has 0 spiro atoms. The molecule has 0 aliphatic heterocycles.